The van der Waals surface area contributed by atoms with Crippen LogP contribution in [0, 0.1) is 0 Å². The quantitative estimate of drug-likeness (QED) is 0.703. The Hall–Kier alpha value is -2.09. The molecule has 0 aliphatic carbocycles. The van der Waals surface area contributed by atoms with Gasteiger partial charge in [-0.05, 0) is 0 Å². The van der Waals surface area contributed by atoms with Crippen LogP contribution in [0.25, 0.3) is 11.2 Å². The van der Waals surface area contributed by atoms with Gasteiger partial charge in [0.2, 0.25) is 0 Å². The number of hydrogen-bond acceptors (Lipinski definition) is 7. The Morgan fingerprint density at radius 3 is 2.76 bits per heavy atom. The molecule has 0 fully saturated rings. The van der Waals surface area contributed by atoms with Crippen LogP contribution in [0.4, 0.5) is 5.82 Å². The van der Waals surface area contributed by atoms with E-state index in [4.69, 9.17) is 15.2 Å². The van der Waals surface area contributed by atoms with Crippen LogP contribution in [0.5, 0.6) is 12.0 Å². The van der Waals surface area contributed by atoms with E-state index in [-0.39, 0.29) is 17.8 Å². The van der Waals surface area contributed by atoms with Gasteiger partial charge in [-0.2, -0.15) is 15.0 Å². The number of nitrogens with two attached hydrogens (primary N) is 1. The predicted octanol–water partition coefficient (Wildman–Crippen LogP) is -0.324. The van der Waals surface area contributed by atoms with Crippen LogP contribution in [-0.4, -0.2) is 44.9 Å². The Kier molecular flexibility index (Phi) is 2.96. The number of imidazole rings is 1. The maximum absolute atomic E-state index is 9.44. The molecule has 0 amide bonds. The first-order valence-electron chi connectivity index (χ1n) is 4.94. The van der Waals surface area contributed by atoms with E-state index in [1.165, 1.54) is 4.57 Å². The van der Waals surface area contributed by atoms with Crippen molar-refractivity contribution in [3.05, 3.63) is 0 Å². The summed E-state index contributed by atoms with van der Waals surface area (Å²) in [6.45, 7) is 0.753. The second kappa shape index (κ2) is 4.42. The molecule has 0 atom stereocenters. The molecule has 92 valence electrons. The lowest BCUT2D eigenvalue weighted by Gasteiger charge is -2.04. The minimum Gasteiger partial charge on any atom is -0.480 e. The Morgan fingerprint density at radius 1 is 1.29 bits per heavy atom. The third-order valence-electron chi connectivity index (χ3n) is 2.22. The number of aryl methyl sites for hydroxylation is 1. The first kappa shape index (κ1) is 11.4. The van der Waals surface area contributed by atoms with E-state index >= 15 is 0 Å². The minimum absolute atomic E-state index is 0.134. The van der Waals surface area contributed by atoms with Crippen LogP contribution in [0.15, 0.2) is 0 Å². The summed E-state index contributed by atoms with van der Waals surface area (Å²) in [5.74, 6) is 0.165. The van der Waals surface area contributed by atoms with E-state index in [1.54, 1.807) is 14.2 Å². The van der Waals surface area contributed by atoms with Gasteiger partial charge in [0.1, 0.15) is 6.61 Å². The molecule has 17 heavy (non-hydrogen) atoms. The maximum Gasteiger partial charge on any atom is 0.320 e. The molecule has 0 saturated carbocycles. The molecule has 2 heterocycles. The van der Waals surface area contributed by atoms with Crippen molar-refractivity contribution in [3.8, 4) is 12.0 Å². The molecule has 0 aliphatic rings. The molecule has 0 bridgehead atoms. The fraction of sp³-hybridized carbons (Fsp3) is 0.444. The van der Waals surface area contributed by atoms with Crippen LogP contribution in [-0.2, 0) is 11.8 Å². The fourth-order valence-electron chi connectivity index (χ4n) is 1.33. The summed E-state index contributed by atoms with van der Waals surface area (Å²) in [6.07, 6.45) is 0. The van der Waals surface area contributed by atoms with Gasteiger partial charge < -0.3 is 20.3 Å². The van der Waals surface area contributed by atoms with Crippen molar-refractivity contribution < 1.29 is 14.6 Å². The highest BCUT2D eigenvalue weighted by atomic mass is 16.5. The van der Waals surface area contributed by atoms with Gasteiger partial charge in [-0.25, -0.2) is 0 Å². The SMILES string of the molecule is COCCOc1nc(N)c2nc(O)n(C)c2n1. The summed E-state index contributed by atoms with van der Waals surface area (Å²) in [6, 6.07) is -0.0370. The average molecular weight is 239 g/mol. The summed E-state index contributed by atoms with van der Waals surface area (Å²) in [7, 11) is 3.19. The van der Waals surface area contributed by atoms with E-state index in [0.29, 0.717) is 24.4 Å². The van der Waals surface area contributed by atoms with Gasteiger partial charge in [0, 0.05) is 14.2 Å². The second-order valence-corrected chi connectivity index (χ2v) is 3.38. The number of fused-ring (bicyclic) bond motifs is 1. The van der Waals surface area contributed by atoms with E-state index in [9.17, 15) is 5.11 Å². The molecule has 2 aromatic heterocycles. The average Bonchev–Trinajstić information content (AvgIpc) is 2.58. The fourth-order valence-corrected chi connectivity index (χ4v) is 1.33. The lowest BCUT2D eigenvalue weighted by atomic mass is 10.5. The lowest BCUT2D eigenvalue weighted by molar-refractivity contribution is 0.141. The molecular weight excluding hydrogens is 226 g/mol. The summed E-state index contributed by atoms with van der Waals surface area (Å²) < 4.78 is 11.5. The Bertz CT molecular complexity index is 539. The summed E-state index contributed by atoms with van der Waals surface area (Å²) in [5, 5.41) is 9.44. The van der Waals surface area contributed by atoms with Crippen molar-refractivity contribution in [3.63, 3.8) is 0 Å². The first-order chi connectivity index (χ1) is 8.13. The zero-order chi connectivity index (χ0) is 12.4. The topological polar surface area (TPSA) is 108 Å². The van der Waals surface area contributed by atoms with Gasteiger partial charge >= 0.3 is 6.01 Å². The van der Waals surface area contributed by atoms with E-state index < -0.39 is 0 Å². The number of rotatable bonds is 4. The van der Waals surface area contributed by atoms with E-state index in [2.05, 4.69) is 15.0 Å². The van der Waals surface area contributed by atoms with Crippen LogP contribution in [0.2, 0.25) is 0 Å². The highest BCUT2D eigenvalue weighted by Crippen LogP contribution is 2.22. The molecule has 0 spiro atoms. The highest BCUT2D eigenvalue weighted by Gasteiger charge is 2.14. The maximum atomic E-state index is 9.44. The molecule has 0 unspecified atom stereocenters. The molecule has 2 rings (SSSR count). The monoisotopic (exact) mass is 239 g/mol. The number of aromatic hydroxyl groups is 1. The molecule has 0 saturated heterocycles. The Morgan fingerprint density at radius 2 is 2.06 bits per heavy atom. The highest BCUT2D eigenvalue weighted by molar-refractivity contribution is 5.82. The molecule has 0 aromatic carbocycles. The molecule has 0 radical (unpaired) electrons. The Balaban J connectivity index is 2.36. The largest absolute Gasteiger partial charge is 0.480 e. The number of nitrogen functional groups attached to an aromatic ring is 1. The van der Waals surface area contributed by atoms with Crippen molar-refractivity contribution in [2.45, 2.75) is 0 Å². The van der Waals surface area contributed by atoms with Gasteiger partial charge in [-0.15, -0.1) is 0 Å². The van der Waals surface area contributed by atoms with Crippen molar-refractivity contribution in [1.29, 1.82) is 0 Å². The molecule has 8 heteroatoms. The van der Waals surface area contributed by atoms with Crippen molar-refractivity contribution >= 4 is 17.0 Å². The Labute approximate surface area is 97.0 Å². The number of nitrogens with zero attached hydrogens (tertiary/aromatic N) is 4. The third-order valence-corrected chi connectivity index (χ3v) is 2.22. The van der Waals surface area contributed by atoms with Gasteiger partial charge in [0.25, 0.3) is 6.01 Å². The van der Waals surface area contributed by atoms with Crippen molar-refractivity contribution in [2.75, 3.05) is 26.1 Å². The molecule has 8 nitrogen and oxygen atoms in total. The smallest absolute Gasteiger partial charge is 0.320 e. The van der Waals surface area contributed by atoms with Gasteiger partial charge in [0.15, 0.2) is 17.0 Å². The minimum atomic E-state index is -0.171. The van der Waals surface area contributed by atoms with E-state index in [1.807, 2.05) is 0 Å². The number of methoxy groups -OCH3 is 1. The van der Waals surface area contributed by atoms with E-state index in [0.717, 1.165) is 0 Å². The van der Waals surface area contributed by atoms with Crippen LogP contribution in [0.1, 0.15) is 0 Å². The second-order valence-electron chi connectivity index (χ2n) is 3.38. The number of ether oxygens (including phenoxy) is 2. The first-order valence-corrected chi connectivity index (χ1v) is 4.94. The number of hydrogen-bond donors (Lipinski definition) is 2. The van der Waals surface area contributed by atoms with Crippen molar-refractivity contribution in [2.24, 2.45) is 7.05 Å². The molecule has 2 aromatic rings. The van der Waals surface area contributed by atoms with Gasteiger partial charge in [-0.3, -0.25) is 4.57 Å². The number of anilines is 1. The summed E-state index contributed by atoms with van der Waals surface area (Å²) in [5.41, 5.74) is 6.46. The lowest BCUT2D eigenvalue weighted by Crippen LogP contribution is -2.08. The van der Waals surface area contributed by atoms with Crippen LogP contribution in [0.3, 0.4) is 0 Å². The van der Waals surface area contributed by atoms with Gasteiger partial charge in [0.05, 0.1) is 6.61 Å². The van der Waals surface area contributed by atoms with Crippen LogP contribution < -0.4 is 10.5 Å². The van der Waals surface area contributed by atoms with Gasteiger partial charge in [-0.1, -0.05) is 0 Å². The van der Waals surface area contributed by atoms with Crippen LogP contribution >= 0.6 is 0 Å². The molecule has 3 N–H and O–H groups in total. The summed E-state index contributed by atoms with van der Waals surface area (Å²) >= 11 is 0. The summed E-state index contributed by atoms with van der Waals surface area (Å²) in [4.78, 5) is 11.9. The number of aromatic nitrogens is 4. The van der Waals surface area contributed by atoms with Crippen molar-refractivity contribution in [1.82, 2.24) is 19.5 Å². The molecule has 0 aliphatic heterocycles. The predicted molar refractivity (Wildman–Crippen MR) is 59.8 cm³/mol. The zero-order valence-electron chi connectivity index (χ0n) is 9.54. The zero-order valence-corrected chi connectivity index (χ0v) is 9.54. The third kappa shape index (κ3) is 2.07. The molecular formula is C9H13N5O3. The standard InChI is InChI=1S/C9H13N5O3/c1-14-7-5(11-9(14)15)6(10)12-8(13-7)17-4-3-16-2/h3-4H2,1-2H3,(H,11,15)(H2,10,12,13). The normalized spacial score (nSPS) is 10.9.